The summed E-state index contributed by atoms with van der Waals surface area (Å²) in [5, 5.41) is 4.12. The summed E-state index contributed by atoms with van der Waals surface area (Å²) in [6.07, 6.45) is 1.72. The van der Waals surface area contributed by atoms with Crippen molar-refractivity contribution in [2.45, 2.75) is 0 Å². The van der Waals surface area contributed by atoms with E-state index in [0.717, 1.165) is 32.6 Å². The minimum atomic E-state index is -0.338. The van der Waals surface area contributed by atoms with Crippen LogP contribution in [0.5, 0.6) is 0 Å². The maximum absolute atomic E-state index is 11.5. The lowest BCUT2D eigenvalue weighted by Gasteiger charge is -2.04. The highest BCUT2D eigenvalue weighted by atomic mass is 79.9. The molecule has 0 atom stereocenters. The van der Waals surface area contributed by atoms with Crippen LogP contribution in [0.4, 0.5) is 4.79 Å². The predicted molar refractivity (Wildman–Crippen MR) is 80.8 cm³/mol. The number of carbonyl (C=O) groups is 2. The standard InChI is InChI=1S/C14H8BrNO2S/c15-12-9(7-11-13(17)16-14(18)19-11)6-5-8-3-1-2-4-10(8)12/h1-7H,(H,16,17,18)/b11-7+. The van der Waals surface area contributed by atoms with Crippen molar-refractivity contribution in [3.63, 3.8) is 0 Å². The molecule has 1 aliphatic rings. The molecule has 0 aliphatic carbocycles. The Morgan fingerprint density at radius 1 is 1.11 bits per heavy atom. The third-order valence-corrected chi connectivity index (χ3v) is 4.52. The van der Waals surface area contributed by atoms with Gasteiger partial charge in [-0.25, -0.2) is 0 Å². The van der Waals surface area contributed by atoms with Crippen molar-refractivity contribution in [1.29, 1.82) is 0 Å². The lowest BCUT2D eigenvalue weighted by molar-refractivity contribution is -0.115. The molecule has 1 N–H and O–H groups in total. The molecule has 0 aromatic heterocycles. The van der Waals surface area contributed by atoms with Gasteiger partial charge >= 0.3 is 0 Å². The summed E-state index contributed by atoms with van der Waals surface area (Å²) >= 11 is 4.48. The van der Waals surface area contributed by atoms with E-state index < -0.39 is 0 Å². The number of nitrogens with one attached hydrogen (secondary N) is 1. The molecule has 5 heteroatoms. The Morgan fingerprint density at radius 3 is 2.63 bits per heavy atom. The van der Waals surface area contributed by atoms with E-state index in [0.29, 0.717) is 4.91 Å². The lowest BCUT2D eigenvalue weighted by atomic mass is 10.1. The predicted octanol–water partition coefficient (Wildman–Crippen LogP) is 3.93. The van der Waals surface area contributed by atoms with E-state index in [1.807, 2.05) is 36.4 Å². The Balaban J connectivity index is 2.11. The molecule has 2 amide bonds. The molecule has 1 saturated heterocycles. The largest absolute Gasteiger partial charge is 0.290 e. The summed E-state index contributed by atoms with van der Waals surface area (Å²) in [5.74, 6) is -0.338. The van der Waals surface area contributed by atoms with Gasteiger partial charge in [-0.1, -0.05) is 36.4 Å². The zero-order chi connectivity index (χ0) is 13.4. The van der Waals surface area contributed by atoms with Crippen LogP contribution >= 0.6 is 27.7 Å². The quantitative estimate of drug-likeness (QED) is 0.804. The highest BCUT2D eigenvalue weighted by Gasteiger charge is 2.25. The molecule has 1 aliphatic heterocycles. The van der Waals surface area contributed by atoms with Gasteiger partial charge < -0.3 is 0 Å². The molecule has 2 aromatic carbocycles. The molecule has 0 radical (unpaired) electrons. The number of hydrogen-bond acceptors (Lipinski definition) is 3. The Labute approximate surface area is 122 Å². The fraction of sp³-hybridized carbons (Fsp3) is 0. The van der Waals surface area contributed by atoms with E-state index in [9.17, 15) is 9.59 Å². The van der Waals surface area contributed by atoms with E-state index in [-0.39, 0.29) is 11.1 Å². The highest BCUT2D eigenvalue weighted by molar-refractivity contribution is 9.10. The number of benzene rings is 2. The van der Waals surface area contributed by atoms with Crippen molar-refractivity contribution in [3.05, 3.63) is 51.3 Å². The maximum Gasteiger partial charge on any atom is 0.290 e. The molecule has 1 heterocycles. The number of amides is 2. The van der Waals surface area contributed by atoms with Gasteiger partial charge in [-0.3, -0.25) is 14.9 Å². The normalized spacial score (nSPS) is 17.2. The molecular weight excluding hydrogens is 326 g/mol. The lowest BCUT2D eigenvalue weighted by Crippen LogP contribution is -2.17. The number of hydrogen-bond donors (Lipinski definition) is 1. The van der Waals surface area contributed by atoms with Crippen molar-refractivity contribution in [3.8, 4) is 0 Å². The number of halogens is 1. The van der Waals surface area contributed by atoms with Gasteiger partial charge in [0.15, 0.2) is 0 Å². The molecule has 0 spiro atoms. The Bertz CT molecular complexity index is 739. The minimum Gasteiger partial charge on any atom is -0.282 e. The molecule has 94 valence electrons. The van der Waals surface area contributed by atoms with Crippen LogP contribution < -0.4 is 5.32 Å². The number of imide groups is 1. The second-order valence-corrected chi connectivity index (χ2v) is 5.85. The van der Waals surface area contributed by atoms with Crippen molar-refractivity contribution >= 4 is 55.7 Å². The first-order valence-corrected chi connectivity index (χ1v) is 7.18. The molecule has 2 aromatic rings. The van der Waals surface area contributed by atoms with Crippen LogP contribution in [0.15, 0.2) is 45.8 Å². The first kappa shape index (κ1) is 12.4. The van der Waals surface area contributed by atoms with Crippen molar-refractivity contribution in [2.24, 2.45) is 0 Å². The van der Waals surface area contributed by atoms with Gasteiger partial charge in [0, 0.05) is 4.47 Å². The van der Waals surface area contributed by atoms with Crippen molar-refractivity contribution < 1.29 is 9.59 Å². The first-order chi connectivity index (χ1) is 9.15. The summed E-state index contributed by atoms with van der Waals surface area (Å²) < 4.78 is 0.922. The number of carbonyl (C=O) groups excluding carboxylic acids is 2. The van der Waals surface area contributed by atoms with Crippen molar-refractivity contribution in [1.82, 2.24) is 5.32 Å². The molecule has 0 saturated carbocycles. The summed E-state index contributed by atoms with van der Waals surface area (Å²) in [7, 11) is 0. The van der Waals surface area contributed by atoms with Crippen LogP contribution in [0.2, 0.25) is 0 Å². The fourth-order valence-corrected chi connectivity index (χ4v) is 3.20. The molecule has 0 bridgehead atoms. The molecule has 1 fully saturated rings. The Kier molecular flexibility index (Phi) is 3.16. The van der Waals surface area contributed by atoms with Crippen LogP contribution in [-0.2, 0) is 4.79 Å². The van der Waals surface area contributed by atoms with E-state index in [4.69, 9.17) is 0 Å². The topological polar surface area (TPSA) is 46.2 Å². The average molecular weight is 334 g/mol. The molecule has 3 rings (SSSR count). The molecule has 3 nitrogen and oxygen atoms in total. The smallest absolute Gasteiger partial charge is 0.282 e. The third kappa shape index (κ3) is 2.31. The SMILES string of the molecule is O=C1NC(=O)/C(=C\c2ccc3ccccc3c2Br)S1. The van der Waals surface area contributed by atoms with Gasteiger partial charge in [-0.05, 0) is 50.1 Å². The number of rotatable bonds is 1. The average Bonchev–Trinajstić information content (AvgIpc) is 2.72. The molecule has 19 heavy (non-hydrogen) atoms. The van der Waals surface area contributed by atoms with Crippen LogP contribution in [0.25, 0.3) is 16.8 Å². The van der Waals surface area contributed by atoms with Crippen LogP contribution in [0, 0.1) is 0 Å². The minimum absolute atomic E-state index is 0.326. The van der Waals surface area contributed by atoms with Gasteiger partial charge in [0.05, 0.1) is 4.91 Å². The zero-order valence-electron chi connectivity index (χ0n) is 9.64. The fourth-order valence-electron chi connectivity index (χ4n) is 1.92. The summed E-state index contributed by atoms with van der Waals surface area (Å²) in [6.45, 7) is 0. The summed E-state index contributed by atoms with van der Waals surface area (Å²) in [5.41, 5.74) is 0.881. The molecular formula is C14H8BrNO2S. The van der Waals surface area contributed by atoms with E-state index >= 15 is 0 Å². The van der Waals surface area contributed by atoms with Crippen LogP contribution in [0.3, 0.4) is 0 Å². The Hall–Kier alpha value is -1.59. The van der Waals surface area contributed by atoms with Gasteiger partial charge in [0.1, 0.15) is 0 Å². The van der Waals surface area contributed by atoms with Crippen LogP contribution in [-0.4, -0.2) is 11.1 Å². The van der Waals surface area contributed by atoms with Gasteiger partial charge in [0.25, 0.3) is 11.1 Å². The first-order valence-electron chi connectivity index (χ1n) is 5.57. The summed E-state index contributed by atoms with van der Waals surface area (Å²) in [6, 6.07) is 11.9. The maximum atomic E-state index is 11.5. The number of thioether (sulfide) groups is 1. The molecule has 0 unspecified atom stereocenters. The second kappa shape index (κ2) is 4.83. The zero-order valence-corrected chi connectivity index (χ0v) is 12.0. The number of fused-ring (bicyclic) bond motifs is 1. The van der Waals surface area contributed by atoms with Crippen LogP contribution in [0.1, 0.15) is 5.56 Å². The Morgan fingerprint density at radius 2 is 1.89 bits per heavy atom. The van der Waals surface area contributed by atoms with E-state index in [1.165, 1.54) is 0 Å². The summed E-state index contributed by atoms with van der Waals surface area (Å²) in [4.78, 5) is 23.1. The second-order valence-electron chi connectivity index (χ2n) is 4.04. The van der Waals surface area contributed by atoms with Gasteiger partial charge in [-0.2, -0.15) is 0 Å². The third-order valence-electron chi connectivity index (χ3n) is 2.82. The van der Waals surface area contributed by atoms with Crippen molar-refractivity contribution in [2.75, 3.05) is 0 Å². The van der Waals surface area contributed by atoms with E-state index in [1.54, 1.807) is 6.08 Å². The highest BCUT2D eigenvalue weighted by Crippen LogP contribution is 2.32. The van der Waals surface area contributed by atoms with Gasteiger partial charge in [0.2, 0.25) is 0 Å². The monoisotopic (exact) mass is 333 g/mol. The van der Waals surface area contributed by atoms with E-state index in [2.05, 4.69) is 21.2 Å². The van der Waals surface area contributed by atoms with Gasteiger partial charge in [-0.15, -0.1) is 0 Å².